The number of carbonyl (C=O) groups excluding carboxylic acids is 1. The van der Waals surface area contributed by atoms with Gasteiger partial charge in [0.2, 0.25) is 5.91 Å². The number of nitrogens with zero attached hydrogens (tertiary/aromatic N) is 1. The van der Waals surface area contributed by atoms with Crippen molar-refractivity contribution >= 4 is 17.5 Å². The zero-order valence-electron chi connectivity index (χ0n) is 9.66. The summed E-state index contributed by atoms with van der Waals surface area (Å²) in [7, 11) is 1.57. The molecule has 1 rings (SSSR count). The number of carbonyl (C=O) groups is 1. The molecule has 0 saturated heterocycles. The fraction of sp³-hybridized carbons (Fsp3) is 0.417. The van der Waals surface area contributed by atoms with E-state index < -0.39 is 0 Å². The van der Waals surface area contributed by atoms with Gasteiger partial charge in [-0.15, -0.1) is 11.6 Å². The predicted octanol–water partition coefficient (Wildman–Crippen LogP) is 2.04. The number of methoxy groups -OCH3 is 1. The Hall–Kier alpha value is -1.13. The topological polar surface area (TPSA) is 29.5 Å². The lowest BCUT2D eigenvalue weighted by molar-refractivity contribution is -0.129. The van der Waals surface area contributed by atoms with Crippen LogP contribution in [0.5, 0.6) is 0 Å². The third-order valence-corrected chi connectivity index (χ3v) is 2.55. The van der Waals surface area contributed by atoms with Crippen molar-refractivity contribution in [3.05, 3.63) is 35.6 Å². The van der Waals surface area contributed by atoms with Gasteiger partial charge in [0.15, 0.2) is 0 Å². The van der Waals surface area contributed by atoms with Gasteiger partial charge in [0, 0.05) is 20.2 Å². The molecule has 0 N–H and O–H groups in total. The van der Waals surface area contributed by atoms with Crippen LogP contribution in [-0.2, 0) is 16.1 Å². The highest BCUT2D eigenvalue weighted by Gasteiger charge is 2.12. The van der Waals surface area contributed by atoms with Crippen LogP contribution < -0.4 is 0 Å². The lowest BCUT2D eigenvalue weighted by Gasteiger charge is -2.21. The molecule has 0 aromatic heterocycles. The number of alkyl halides is 1. The van der Waals surface area contributed by atoms with Crippen LogP contribution in [0.2, 0.25) is 0 Å². The van der Waals surface area contributed by atoms with Crippen molar-refractivity contribution in [2.45, 2.75) is 6.54 Å². The molecule has 0 radical (unpaired) electrons. The van der Waals surface area contributed by atoms with Crippen molar-refractivity contribution in [2.75, 3.05) is 26.1 Å². The number of rotatable bonds is 6. The van der Waals surface area contributed by atoms with Crippen LogP contribution in [0.15, 0.2) is 24.3 Å². The molecular formula is C12H15ClFNO2. The summed E-state index contributed by atoms with van der Waals surface area (Å²) in [5, 5.41) is 0. The molecule has 17 heavy (non-hydrogen) atoms. The number of hydrogen-bond donors (Lipinski definition) is 0. The van der Waals surface area contributed by atoms with E-state index in [1.54, 1.807) is 24.1 Å². The quantitative estimate of drug-likeness (QED) is 0.732. The van der Waals surface area contributed by atoms with E-state index in [4.69, 9.17) is 16.3 Å². The van der Waals surface area contributed by atoms with E-state index in [0.717, 1.165) is 5.56 Å². The molecule has 5 heteroatoms. The maximum absolute atomic E-state index is 12.7. The average molecular weight is 260 g/mol. The largest absolute Gasteiger partial charge is 0.383 e. The maximum Gasteiger partial charge on any atom is 0.237 e. The van der Waals surface area contributed by atoms with Crippen LogP contribution in [-0.4, -0.2) is 36.9 Å². The molecule has 1 amide bonds. The van der Waals surface area contributed by atoms with Crippen LogP contribution in [0.1, 0.15) is 5.56 Å². The Bertz CT molecular complexity index is 356. The number of halogens is 2. The summed E-state index contributed by atoms with van der Waals surface area (Å²) in [6, 6.07) is 6.04. The first-order valence-corrected chi connectivity index (χ1v) is 5.78. The maximum atomic E-state index is 12.7. The fourth-order valence-electron chi connectivity index (χ4n) is 1.39. The lowest BCUT2D eigenvalue weighted by atomic mass is 10.2. The molecule has 0 heterocycles. The minimum absolute atomic E-state index is 0.0646. The van der Waals surface area contributed by atoms with Crippen molar-refractivity contribution in [1.29, 1.82) is 0 Å². The molecule has 0 spiro atoms. The Morgan fingerprint density at radius 1 is 1.41 bits per heavy atom. The molecule has 0 bridgehead atoms. The normalized spacial score (nSPS) is 10.3. The van der Waals surface area contributed by atoms with Crippen LogP contribution in [0, 0.1) is 5.82 Å². The van der Waals surface area contributed by atoms with Gasteiger partial charge < -0.3 is 9.64 Å². The van der Waals surface area contributed by atoms with Gasteiger partial charge >= 0.3 is 0 Å². The van der Waals surface area contributed by atoms with E-state index in [1.807, 2.05) is 0 Å². The van der Waals surface area contributed by atoms with E-state index in [-0.39, 0.29) is 17.6 Å². The van der Waals surface area contributed by atoms with E-state index >= 15 is 0 Å². The second-order valence-corrected chi connectivity index (χ2v) is 3.84. The van der Waals surface area contributed by atoms with E-state index in [0.29, 0.717) is 19.7 Å². The Labute approximate surface area is 105 Å². The highest BCUT2D eigenvalue weighted by atomic mass is 35.5. The zero-order chi connectivity index (χ0) is 12.7. The molecule has 0 aliphatic heterocycles. The number of amides is 1. The van der Waals surface area contributed by atoms with Gasteiger partial charge in [0.1, 0.15) is 11.7 Å². The second kappa shape index (κ2) is 7.25. The molecule has 3 nitrogen and oxygen atoms in total. The fourth-order valence-corrected chi connectivity index (χ4v) is 1.56. The Morgan fingerprint density at radius 3 is 2.59 bits per heavy atom. The Morgan fingerprint density at radius 2 is 2.06 bits per heavy atom. The number of ether oxygens (including phenoxy) is 1. The summed E-state index contributed by atoms with van der Waals surface area (Å²) < 4.78 is 17.7. The molecule has 0 unspecified atom stereocenters. The van der Waals surface area contributed by atoms with Gasteiger partial charge in [-0.05, 0) is 17.7 Å². The van der Waals surface area contributed by atoms with Gasteiger partial charge in [0.05, 0.1) is 6.61 Å². The molecule has 0 aliphatic rings. The molecular weight excluding hydrogens is 245 g/mol. The first kappa shape index (κ1) is 13.9. The van der Waals surface area contributed by atoms with Crippen LogP contribution in [0.25, 0.3) is 0 Å². The minimum atomic E-state index is -0.291. The Balaban J connectivity index is 2.64. The lowest BCUT2D eigenvalue weighted by Crippen LogP contribution is -2.34. The highest BCUT2D eigenvalue weighted by Crippen LogP contribution is 2.07. The van der Waals surface area contributed by atoms with Crippen molar-refractivity contribution in [2.24, 2.45) is 0 Å². The van der Waals surface area contributed by atoms with Crippen molar-refractivity contribution in [3.63, 3.8) is 0 Å². The van der Waals surface area contributed by atoms with Crippen molar-refractivity contribution in [1.82, 2.24) is 4.90 Å². The number of benzene rings is 1. The van der Waals surface area contributed by atoms with E-state index in [9.17, 15) is 9.18 Å². The van der Waals surface area contributed by atoms with Gasteiger partial charge in [0.25, 0.3) is 0 Å². The van der Waals surface area contributed by atoms with Gasteiger partial charge in [-0.3, -0.25) is 4.79 Å². The smallest absolute Gasteiger partial charge is 0.237 e. The molecule has 94 valence electrons. The van der Waals surface area contributed by atoms with Crippen molar-refractivity contribution in [3.8, 4) is 0 Å². The van der Waals surface area contributed by atoms with Gasteiger partial charge in [-0.25, -0.2) is 4.39 Å². The van der Waals surface area contributed by atoms with Gasteiger partial charge in [-0.1, -0.05) is 12.1 Å². The SMILES string of the molecule is COCCN(Cc1ccc(F)cc1)C(=O)CCl. The summed E-state index contributed by atoms with van der Waals surface area (Å²) >= 11 is 5.53. The average Bonchev–Trinajstić information content (AvgIpc) is 2.36. The third-order valence-electron chi connectivity index (χ3n) is 2.32. The summed E-state index contributed by atoms with van der Waals surface area (Å²) in [5.74, 6) is -0.515. The highest BCUT2D eigenvalue weighted by molar-refractivity contribution is 6.27. The number of hydrogen-bond acceptors (Lipinski definition) is 2. The van der Waals surface area contributed by atoms with E-state index in [1.165, 1.54) is 12.1 Å². The Kier molecular flexibility index (Phi) is 5.94. The molecule has 0 aliphatic carbocycles. The predicted molar refractivity (Wildman–Crippen MR) is 64.4 cm³/mol. The standard InChI is InChI=1S/C12H15ClFNO2/c1-17-7-6-15(12(16)8-13)9-10-2-4-11(14)5-3-10/h2-5H,6-9H2,1H3. The molecule has 0 atom stereocenters. The van der Waals surface area contributed by atoms with Gasteiger partial charge in [-0.2, -0.15) is 0 Å². The van der Waals surface area contributed by atoms with Crippen LogP contribution in [0.3, 0.4) is 0 Å². The third kappa shape index (κ3) is 4.71. The zero-order valence-corrected chi connectivity index (χ0v) is 10.4. The summed E-state index contributed by atoms with van der Waals surface area (Å²) in [4.78, 5) is 13.1. The first-order valence-electron chi connectivity index (χ1n) is 5.24. The molecule has 1 aromatic carbocycles. The second-order valence-electron chi connectivity index (χ2n) is 3.57. The monoisotopic (exact) mass is 259 g/mol. The van der Waals surface area contributed by atoms with Crippen LogP contribution >= 0.6 is 11.6 Å². The van der Waals surface area contributed by atoms with Crippen LogP contribution in [0.4, 0.5) is 4.39 Å². The molecule has 1 aromatic rings. The minimum Gasteiger partial charge on any atom is -0.383 e. The van der Waals surface area contributed by atoms with Crippen molar-refractivity contribution < 1.29 is 13.9 Å². The molecule has 0 fully saturated rings. The van der Waals surface area contributed by atoms with E-state index in [2.05, 4.69) is 0 Å². The first-order chi connectivity index (χ1) is 8.17. The summed E-state index contributed by atoms with van der Waals surface area (Å²) in [5.41, 5.74) is 0.862. The molecule has 0 saturated carbocycles. The summed E-state index contributed by atoms with van der Waals surface area (Å²) in [6.07, 6.45) is 0. The summed E-state index contributed by atoms with van der Waals surface area (Å²) in [6.45, 7) is 1.33.